The van der Waals surface area contributed by atoms with Crippen molar-refractivity contribution in [3.8, 4) is 6.07 Å². The molecule has 1 fully saturated rings. The van der Waals surface area contributed by atoms with Crippen molar-refractivity contribution in [1.29, 1.82) is 5.26 Å². The largest absolute Gasteiger partial charge is 0.388 e. The molecule has 0 saturated carbocycles. The van der Waals surface area contributed by atoms with Crippen LogP contribution in [0.3, 0.4) is 0 Å². The number of nitrogens with two attached hydrogens (primary N) is 1. The zero-order chi connectivity index (χ0) is 13.2. The highest BCUT2D eigenvalue weighted by atomic mass is 16.3. The summed E-state index contributed by atoms with van der Waals surface area (Å²) in [6.07, 6.45) is 3.83. The Morgan fingerprint density at radius 3 is 3.06 bits per heavy atom. The second kappa shape index (κ2) is 4.78. The van der Waals surface area contributed by atoms with E-state index in [-0.39, 0.29) is 11.4 Å². The van der Waals surface area contributed by atoms with Gasteiger partial charge in [0.05, 0.1) is 11.8 Å². The first kappa shape index (κ1) is 12.6. The van der Waals surface area contributed by atoms with Gasteiger partial charge < -0.3 is 15.7 Å². The molecule has 0 radical (unpaired) electrons. The average molecular weight is 247 g/mol. The maximum absolute atomic E-state index is 10.3. The SMILES string of the molecule is CC[C@]1(O)CCCN(c2ncc(C#N)c(N)n2)C1. The van der Waals surface area contributed by atoms with E-state index in [9.17, 15) is 5.11 Å². The molecule has 0 aromatic carbocycles. The van der Waals surface area contributed by atoms with Crippen molar-refractivity contribution in [1.82, 2.24) is 9.97 Å². The van der Waals surface area contributed by atoms with Gasteiger partial charge >= 0.3 is 0 Å². The van der Waals surface area contributed by atoms with E-state index in [0.717, 1.165) is 19.4 Å². The van der Waals surface area contributed by atoms with Gasteiger partial charge in [0.15, 0.2) is 0 Å². The topological polar surface area (TPSA) is 99.1 Å². The fourth-order valence-electron chi connectivity index (χ4n) is 2.20. The maximum Gasteiger partial charge on any atom is 0.227 e. The van der Waals surface area contributed by atoms with Gasteiger partial charge in [-0.25, -0.2) is 4.98 Å². The summed E-state index contributed by atoms with van der Waals surface area (Å²) in [6, 6.07) is 1.93. The molecule has 0 unspecified atom stereocenters. The molecule has 2 rings (SSSR count). The molecule has 18 heavy (non-hydrogen) atoms. The number of nitrogen functional groups attached to an aromatic ring is 1. The molecule has 1 atom stereocenters. The summed E-state index contributed by atoms with van der Waals surface area (Å²) < 4.78 is 0. The minimum Gasteiger partial charge on any atom is -0.388 e. The summed E-state index contributed by atoms with van der Waals surface area (Å²) in [5.74, 6) is 0.672. The molecule has 2 heterocycles. The highest BCUT2D eigenvalue weighted by molar-refractivity contribution is 5.50. The first-order chi connectivity index (χ1) is 8.58. The van der Waals surface area contributed by atoms with Crippen LogP contribution in [0.15, 0.2) is 6.20 Å². The summed E-state index contributed by atoms with van der Waals surface area (Å²) >= 11 is 0. The van der Waals surface area contributed by atoms with Crippen LogP contribution >= 0.6 is 0 Å². The molecular formula is C12H17N5O. The Morgan fingerprint density at radius 2 is 2.44 bits per heavy atom. The predicted molar refractivity (Wildman–Crippen MR) is 67.8 cm³/mol. The van der Waals surface area contributed by atoms with Crippen molar-refractivity contribution < 1.29 is 5.11 Å². The van der Waals surface area contributed by atoms with Crippen LogP contribution in [0.4, 0.5) is 11.8 Å². The lowest BCUT2D eigenvalue weighted by molar-refractivity contribution is 0.0219. The van der Waals surface area contributed by atoms with Crippen molar-refractivity contribution in [3.63, 3.8) is 0 Å². The Morgan fingerprint density at radius 1 is 1.67 bits per heavy atom. The minimum absolute atomic E-state index is 0.188. The van der Waals surface area contributed by atoms with Gasteiger partial charge in [0.2, 0.25) is 5.95 Å². The predicted octanol–water partition coefficient (Wildman–Crippen LogP) is 0.672. The number of hydrogen-bond donors (Lipinski definition) is 2. The van der Waals surface area contributed by atoms with E-state index in [1.165, 1.54) is 6.20 Å². The van der Waals surface area contributed by atoms with Gasteiger partial charge in [-0.15, -0.1) is 0 Å². The lowest BCUT2D eigenvalue weighted by Gasteiger charge is -2.38. The lowest BCUT2D eigenvalue weighted by Crippen LogP contribution is -2.48. The fourth-order valence-corrected chi connectivity index (χ4v) is 2.20. The molecule has 0 aliphatic carbocycles. The van der Waals surface area contributed by atoms with E-state index in [1.807, 2.05) is 17.9 Å². The Kier molecular flexibility index (Phi) is 3.34. The standard InChI is InChI=1S/C12H17N5O/c1-2-12(18)4-3-5-17(8-12)11-15-7-9(6-13)10(14)16-11/h7,18H,2-5,8H2,1H3,(H2,14,15,16)/t12-/m0/s1. The van der Waals surface area contributed by atoms with Gasteiger partial charge in [-0.3, -0.25) is 0 Å². The smallest absolute Gasteiger partial charge is 0.227 e. The van der Waals surface area contributed by atoms with Crippen LogP contribution in [0, 0.1) is 11.3 Å². The van der Waals surface area contributed by atoms with E-state index < -0.39 is 5.60 Å². The number of nitriles is 1. The summed E-state index contributed by atoms with van der Waals surface area (Å²) in [6.45, 7) is 3.28. The van der Waals surface area contributed by atoms with Crippen molar-refractivity contribution in [2.45, 2.75) is 31.8 Å². The number of nitrogens with zero attached hydrogens (tertiary/aromatic N) is 4. The number of aromatic nitrogens is 2. The van der Waals surface area contributed by atoms with Crippen LogP contribution in [0.1, 0.15) is 31.7 Å². The highest BCUT2D eigenvalue weighted by Gasteiger charge is 2.32. The van der Waals surface area contributed by atoms with Gasteiger partial charge in [0.25, 0.3) is 0 Å². The fraction of sp³-hybridized carbons (Fsp3) is 0.583. The van der Waals surface area contributed by atoms with Crippen molar-refractivity contribution in [2.24, 2.45) is 0 Å². The Labute approximate surface area is 106 Å². The van der Waals surface area contributed by atoms with Crippen LogP contribution in [-0.4, -0.2) is 33.8 Å². The number of hydrogen-bond acceptors (Lipinski definition) is 6. The number of anilines is 2. The quantitative estimate of drug-likeness (QED) is 0.797. The van der Waals surface area contributed by atoms with Gasteiger partial charge in [0.1, 0.15) is 17.5 Å². The Balaban J connectivity index is 2.22. The molecule has 6 nitrogen and oxygen atoms in total. The maximum atomic E-state index is 10.3. The zero-order valence-electron chi connectivity index (χ0n) is 10.4. The third-order valence-corrected chi connectivity index (χ3v) is 3.42. The second-order valence-electron chi connectivity index (χ2n) is 4.68. The molecule has 1 aromatic heterocycles. The van der Waals surface area contributed by atoms with E-state index in [2.05, 4.69) is 9.97 Å². The Bertz CT molecular complexity index is 484. The first-order valence-electron chi connectivity index (χ1n) is 6.08. The van der Waals surface area contributed by atoms with E-state index >= 15 is 0 Å². The lowest BCUT2D eigenvalue weighted by atomic mass is 9.90. The summed E-state index contributed by atoms with van der Waals surface area (Å²) in [4.78, 5) is 10.2. The molecule has 0 bridgehead atoms. The number of β-amino-alcohol motifs (C(OH)–C–C–N with tert-alkyl or cyclic N) is 1. The average Bonchev–Trinajstić information content (AvgIpc) is 2.39. The number of piperidine rings is 1. The summed E-state index contributed by atoms with van der Waals surface area (Å²) in [5.41, 5.74) is 5.28. The molecule has 0 amide bonds. The normalized spacial score (nSPS) is 23.7. The summed E-state index contributed by atoms with van der Waals surface area (Å²) in [7, 11) is 0. The van der Waals surface area contributed by atoms with E-state index in [0.29, 0.717) is 18.9 Å². The molecule has 3 N–H and O–H groups in total. The van der Waals surface area contributed by atoms with Crippen molar-refractivity contribution in [2.75, 3.05) is 23.7 Å². The molecule has 0 spiro atoms. The summed E-state index contributed by atoms with van der Waals surface area (Å²) in [5, 5.41) is 19.1. The third-order valence-electron chi connectivity index (χ3n) is 3.42. The monoisotopic (exact) mass is 247 g/mol. The van der Waals surface area contributed by atoms with Crippen molar-refractivity contribution in [3.05, 3.63) is 11.8 Å². The van der Waals surface area contributed by atoms with Crippen LogP contribution < -0.4 is 10.6 Å². The van der Waals surface area contributed by atoms with Crippen LogP contribution in [0.2, 0.25) is 0 Å². The molecule has 1 aliphatic heterocycles. The van der Waals surface area contributed by atoms with Crippen LogP contribution in [0.25, 0.3) is 0 Å². The van der Waals surface area contributed by atoms with Crippen molar-refractivity contribution >= 4 is 11.8 Å². The molecule has 96 valence electrons. The minimum atomic E-state index is -0.676. The van der Waals surface area contributed by atoms with Gasteiger partial charge in [-0.2, -0.15) is 10.2 Å². The highest BCUT2D eigenvalue weighted by Crippen LogP contribution is 2.26. The van der Waals surface area contributed by atoms with Gasteiger partial charge in [-0.1, -0.05) is 6.92 Å². The molecular weight excluding hydrogens is 230 g/mol. The van der Waals surface area contributed by atoms with Gasteiger partial charge in [-0.05, 0) is 19.3 Å². The van der Waals surface area contributed by atoms with Crippen LogP contribution in [0.5, 0.6) is 0 Å². The molecule has 1 aromatic rings. The Hall–Kier alpha value is -1.87. The number of rotatable bonds is 2. The number of aliphatic hydroxyl groups is 1. The second-order valence-corrected chi connectivity index (χ2v) is 4.68. The molecule has 1 saturated heterocycles. The van der Waals surface area contributed by atoms with E-state index in [1.54, 1.807) is 0 Å². The molecule has 6 heteroatoms. The van der Waals surface area contributed by atoms with E-state index in [4.69, 9.17) is 11.0 Å². The zero-order valence-corrected chi connectivity index (χ0v) is 10.4. The van der Waals surface area contributed by atoms with Crippen LogP contribution in [-0.2, 0) is 0 Å². The van der Waals surface area contributed by atoms with Gasteiger partial charge in [0, 0.05) is 13.1 Å². The third kappa shape index (κ3) is 2.36. The first-order valence-corrected chi connectivity index (χ1v) is 6.08. The molecule has 1 aliphatic rings.